The lowest BCUT2D eigenvalue weighted by molar-refractivity contribution is 0.301. The van der Waals surface area contributed by atoms with Crippen molar-refractivity contribution in [1.29, 1.82) is 0 Å². The molecule has 1 aliphatic carbocycles. The van der Waals surface area contributed by atoms with E-state index in [4.69, 9.17) is 0 Å². The minimum absolute atomic E-state index is 0.0715. The molecule has 3 rings (SSSR count). The van der Waals surface area contributed by atoms with Crippen molar-refractivity contribution < 1.29 is 4.39 Å². The zero-order valence-corrected chi connectivity index (χ0v) is 11.5. The summed E-state index contributed by atoms with van der Waals surface area (Å²) in [5.74, 6) is -0.402. The van der Waals surface area contributed by atoms with E-state index in [1.165, 1.54) is 18.3 Å². The Kier molecular flexibility index (Phi) is 3.53. The number of aromatic nitrogens is 2. The molecule has 1 aliphatic rings. The second kappa shape index (κ2) is 5.32. The predicted octanol–water partition coefficient (Wildman–Crippen LogP) is 2.24. The molecule has 2 heterocycles. The highest BCUT2D eigenvalue weighted by Gasteiger charge is 2.23. The zero-order valence-electron chi connectivity index (χ0n) is 11.5. The molecule has 2 aromatic heterocycles. The van der Waals surface area contributed by atoms with Gasteiger partial charge in [-0.25, -0.2) is 4.39 Å². The van der Waals surface area contributed by atoms with Crippen LogP contribution in [0.25, 0.3) is 11.0 Å². The van der Waals surface area contributed by atoms with Gasteiger partial charge in [-0.15, -0.1) is 0 Å². The van der Waals surface area contributed by atoms with Gasteiger partial charge in [-0.1, -0.05) is 0 Å². The number of hydrogen-bond acceptors (Lipinski definition) is 3. The van der Waals surface area contributed by atoms with Gasteiger partial charge in [-0.2, -0.15) is 0 Å². The van der Waals surface area contributed by atoms with Gasteiger partial charge in [-0.3, -0.25) is 9.78 Å². The van der Waals surface area contributed by atoms with Crippen LogP contribution in [0.1, 0.15) is 31.7 Å². The topological polar surface area (TPSA) is 46.9 Å². The van der Waals surface area contributed by atoms with Gasteiger partial charge in [0, 0.05) is 24.2 Å². The monoisotopic (exact) mass is 275 g/mol. The number of nitrogens with zero attached hydrogens (tertiary/aromatic N) is 2. The first-order chi connectivity index (χ1) is 9.69. The molecule has 0 atom stereocenters. The highest BCUT2D eigenvalue weighted by molar-refractivity contribution is 5.74. The summed E-state index contributed by atoms with van der Waals surface area (Å²) in [4.78, 5) is 16.3. The first kappa shape index (κ1) is 13.2. The van der Waals surface area contributed by atoms with Gasteiger partial charge in [0.05, 0.1) is 17.2 Å². The molecule has 0 radical (unpaired) electrons. The van der Waals surface area contributed by atoms with E-state index in [2.05, 4.69) is 10.3 Å². The van der Waals surface area contributed by atoms with Gasteiger partial charge < -0.3 is 9.88 Å². The standard InChI is InChI=1S/C15H18FN3O/c1-17-11-2-4-12(5-3-11)19-14-8-10(16)9-18-13(14)6-7-15(19)20/h6-9,11-12,17H,2-5H2,1H3. The molecule has 0 unspecified atom stereocenters. The Balaban J connectivity index is 2.04. The number of hydrogen-bond donors (Lipinski definition) is 1. The Morgan fingerprint density at radius 1 is 1.30 bits per heavy atom. The number of fused-ring (bicyclic) bond motifs is 1. The van der Waals surface area contributed by atoms with Crippen molar-refractivity contribution in [2.45, 2.75) is 37.8 Å². The van der Waals surface area contributed by atoms with Crippen molar-refractivity contribution in [3.63, 3.8) is 0 Å². The molecule has 1 saturated carbocycles. The van der Waals surface area contributed by atoms with Gasteiger partial charge in [-0.05, 0) is 38.8 Å². The molecule has 1 N–H and O–H groups in total. The fraction of sp³-hybridized carbons (Fsp3) is 0.467. The molecular weight excluding hydrogens is 257 g/mol. The summed E-state index contributed by atoms with van der Waals surface area (Å²) in [6.07, 6.45) is 5.12. The van der Waals surface area contributed by atoms with E-state index in [0.29, 0.717) is 17.1 Å². The summed E-state index contributed by atoms with van der Waals surface area (Å²) in [6.45, 7) is 0. The van der Waals surface area contributed by atoms with Gasteiger partial charge >= 0.3 is 0 Å². The van der Waals surface area contributed by atoms with Crippen molar-refractivity contribution in [2.75, 3.05) is 7.05 Å². The van der Waals surface area contributed by atoms with Gasteiger partial charge in [0.25, 0.3) is 5.56 Å². The molecule has 0 saturated heterocycles. The molecule has 2 aromatic rings. The third-order valence-corrected chi connectivity index (χ3v) is 4.21. The molecule has 5 heteroatoms. The predicted molar refractivity (Wildman–Crippen MR) is 76.3 cm³/mol. The first-order valence-electron chi connectivity index (χ1n) is 7.03. The van der Waals surface area contributed by atoms with Crippen LogP contribution in [0.15, 0.2) is 29.2 Å². The maximum atomic E-state index is 13.4. The summed E-state index contributed by atoms with van der Waals surface area (Å²) in [5, 5.41) is 3.28. The van der Waals surface area contributed by atoms with Crippen LogP contribution in [-0.4, -0.2) is 22.6 Å². The van der Waals surface area contributed by atoms with Crippen LogP contribution in [0.3, 0.4) is 0 Å². The zero-order chi connectivity index (χ0) is 14.1. The minimum atomic E-state index is -0.402. The van der Waals surface area contributed by atoms with Crippen LogP contribution >= 0.6 is 0 Å². The molecule has 0 aromatic carbocycles. The largest absolute Gasteiger partial charge is 0.317 e. The average Bonchev–Trinajstić information content (AvgIpc) is 2.47. The van der Waals surface area contributed by atoms with Crippen LogP contribution in [0.5, 0.6) is 0 Å². The fourth-order valence-corrected chi connectivity index (χ4v) is 3.11. The molecule has 20 heavy (non-hydrogen) atoms. The van der Waals surface area contributed by atoms with Crippen molar-refractivity contribution in [3.05, 3.63) is 40.6 Å². The van der Waals surface area contributed by atoms with E-state index in [0.717, 1.165) is 25.7 Å². The van der Waals surface area contributed by atoms with E-state index >= 15 is 0 Å². The quantitative estimate of drug-likeness (QED) is 0.914. The van der Waals surface area contributed by atoms with E-state index in [1.54, 1.807) is 10.6 Å². The van der Waals surface area contributed by atoms with Crippen LogP contribution in [0.4, 0.5) is 4.39 Å². The Bertz CT molecular complexity index is 674. The second-order valence-corrected chi connectivity index (χ2v) is 5.39. The normalized spacial score (nSPS) is 23.1. The number of rotatable bonds is 2. The minimum Gasteiger partial charge on any atom is -0.317 e. The Hall–Kier alpha value is -1.75. The lowest BCUT2D eigenvalue weighted by atomic mass is 9.91. The molecular formula is C15H18FN3O. The summed E-state index contributed by atoms with van der Waals surface area (Å²) < 4.78 is 15.2. The Labute approximate surface area is 116 Å². The number of pyridine rings is 2. The van der Waals surface area contributed by atoms with Crippen molar-refractivity contribution >= 4 is 11.0 Å². The van der Waals surface area contributed by atoms with E-state index in [-0.39, 0.29) is 11.6 Å². The lowest BCUT2D eigenvalue weighted by Crippen LogP contribution is -2.34. The maximum absolute atomic E-state index is 13.4. The summed E-state index contributed by atoms with van der Waals surface area (Å²) in [7, 11) is 1.97. The third-order valence-electron chi connectivity index (χ3n) is 4.21. The number of halogens is 1. The highest BCUT2D eigenvalue weighted by atomic mass is 19.1. The fourth-order valence-electron chi connectivity index (χ4n) is 3.11. The van der Waals surface area contributed by atoms with E-state index in [9.17, 15) is 9.18 Å². The first-order valence-corrected chi connectivity index (χ1v) is 7.03. The summed E-state index contributed by atoms with van der Waals surface area (Å²) in [6, 6.07) is 5.25. The summed E-state index contributed by atoms with van der Waals surface area (Å²) in [5.41, 5.74) is 1.20. The molecule has 0 aliphatic heterocycles. The molecule has 106 valence electrons. The van der Waals surface area contributed by atoms with Gasteiger partial charge in [0.15, 0.2) is 0 Å². The van der Waals surface area contributed by atoms with Crippen LogP contribution in [-0.2, 0) is 0 Å². The van der Waals surface area contributed by atoms with Crippen molar-refractivity contribution in [3.8, 4) is 0 Å². The Morgan fingerprint density at radius 3 is 2.75 bits per heavy atom. The molecule has 0 amide bonds. The van der Waals surface area contributed by atoms with E-state index in [1.807, 2.05) is 7.05 Å². The second-order valence-electron chi connectivity index (χ2n) is 5.39. The van der Waals surface area contributed by atoms with Crippen molar-refractivity contribution in [1.82, 2.24) is 14.9 Å². The van der Waals surface area contributed by atoms with Crippen LogP contribution in [0, 0.1) is 5.82 Å². The highest BCUT2D eigenvalue weighted by Crippen LogP contribution is 2.29. The number of nitrogens with one attached hydrogen (secondary N) is 1. The molecule has 0 spiro atoms. The maximum Gasteiger partial charge on any atom is 0.251 e. The third kappa shape index (κ3) is 2.33. The van der Waals surface area contributed by atoms with Crippen molar-refractivity contribution in [2.24, 2.45) is 0 Å². The Morgan fingerprint density at radius 2 is 2.05 bits per heavy atom. The lowest BCUT2D eigenvalue weighted by Gasteiger charge is -2.30. The smallest absolute Gasteiger partial charge is 0.251 e. The van der Waals surface area contributed by atoms with E-state index < -0.39 is 5.82 Å². The van der Waals surface area contributed by atoms with Crippen LogP contribution < -0.4 is 10.9 Å². The SMILES string of the molecule is CNC1CCC(n2c(=O)ccc3ncc(F)cc32)CC1. The van der Waals surface area contributed by atoms with Crippen LogP contribution in [0.2, 0.25) is 0 Å². The molecule has 4 nitrogen and oxygen atoms in total. The van der Waals surface area contributed by atoms with Gasteiger partial charge in [0.2, 0.25) is 0 Å². The molecule has 0 bridgehead atoms. The average molecular weight is 275 g/mol. The van der Waals surface area contributed by atoms with Gasteiger partial charge in [0.1, 0.15) is 5.82 Å². The summed E-state index contributed by atoms with van der Waals surface area (Å²) >= 11 is 0. The molecule has 1 fully saturated rings.